The number of hydrogen-bond donors (Lipinski definition) is 0. The Hall–Kier alpha value is -2.79. The molecule has 0 aliphatic carbocycles. The number of rotatable bonds is 6. The first-order chi connectivity index (χ1) is 12.1. The van der Waals surface area contributed by atoms with Crippen molar-refractivity contribution in [3.05, 3.63) is 90.5 Å². The van der Waals surface area contributed by atoms with Gasteiger partial charge in [-0.3, -0.25) is 4.31 Å². The number of methoxy groups -OCH3 is 1. The van der Waals surface area contributed by atoms with Crippen molar-refractivity contribution in [2.45, 2.75) is 11.4 Å². The van der Waals surface area contributed by atoms with Crippen LogP contribution in [0, 0.1) is 0 Å². The fourth-order valence-electron chi connectivity index (χ4n) is 2.60. The van der Waals surface area contributed by atoms with Crippen LogP contribution >= 0.6 is 0 Å². The number of para-hydroxylation sites is 2. The molecule has 0 spiro atoms. The molecule has 25 heavy (non-hydrogen) atoms. The summed E-state index contributed by atoms with van der Waals surface area (Å²) in [5.41, 5.74) is 1.41. The van der Waals surface area contributed by atoms with Crippen molar-refractivity contribution in [1.29, 1.82) is 0 Å². The van der Waals surface area contributed by atoms with Crippen LogP contribution in [-0.4, -0.2) is 15.5 Å². The summed E-state index contributed by atoms with van der Waals surface area (Å²) in [6.45, 7) is 0.221. The average molecular weight is 353 g/mol. The first-order valence-corrected chi connectivity index (χ1v) is 9.31. The van der Waals surface area contributed by atoms with Gasteiger partial charge in [0.25, 0.3) is 10.0 Å². The van der Waals surface area contributed by atoms with Gasteiger partial charge in [0.15, 0.2) is 0 Å². The third-order valence-electron chi connectivity index (χ3n) is 3.85. The predicted molar refractivity (Wildman–Crippen MR) is 99.2 cm³/mol. The fourth-order valence-corrected chi connectivity index (χ4v) is 4.09. The van der Waals surface area contributed by atoms with Gasteiger partial charge < -0.3 is 4.74 Å². The summed E-state index contributed by atoms with van der Waals surface area (Å²) in [7, 11) is -2.20. The molecule has 0 aliphatic rings. The van der Waals surface area contributed by atoms with Gasteiger partial charge in [-0.1, -0.05) is 60.7 Å². The molecule has 0 bridgehead atoms. The molecule has 0 aliphatic heterocycles. The lowest BCUT2D eigenvalue weighted by molar-refractivity contribution is 0.415. The number of anilines is 1. The largest absolute Gasteiger partial charge is 0.495 e. The van der Waals surface area contributed by atoms with Crippen molar-refractivity contribution in [3.63, 3.8) is 0 Å². The van der Waals surface area contributed by atoms with E-state index in [1.165, 1.54) is 11.4 Å². The molecule has 0 radical (unpaired) electrons. The van der Waals surface area contributed by atoms with Gasteiger partial charge in [0.2, 0.25) is 0 Å². The van der Waals surface area contributed by atoms with Crippen molar-refractivity contribution in [3.8, 4) is 5.75 Å². The molecule has 0 heterocycles. The van der Waals surface area contributed by atoms with Crippen LogP contribution in [0.1, 0.15) is 5.56 Å². The molecule has 0 saturated carbocycles. The van der Waals surface area contributed by atoms with Crippen molar-refractivity contribution in [2.24, 2.45) is 0 Å². The Morgan fingerprint density at radius 3 is 2.00 bits per heavy atom. The van der Waals surface area contributed by atoms with Crippen molar-refractivity contribution >= 4 is 15.7 Å². The molecule has 0 aromatic heterocycles. The van der Waals surface area contributed by atoms with Crippen molar-refractivity contribution < 1.29 is 13.2 Å². The van der Waals surface area contributed by atoms with E-state index in [1.54, 1.807) is 48.5 Å². The summed E-state index contributed by atoms with van der Waals surface area (Å²) in [6, 6.07) is 25.1. The molecular formula is C20H19NO3S. The minimum absolute atomic E-state index is 0.221. The van der Waals surface area contributed by atoms with Crippen LogP contribution in [0.25, 0.3) is 0 Å². The Morgan fingerprint density at radius 2 is 1.36 bits per heavy atom. The number of sulfonamides is 1. The minimum atomic E-state index is -3.73. The minimum Gasteiger partial charge on any atom is -0.495 e. The number of ether oxygens (including phenoxy) is 1. The highest BCUT2D eigenvalue weighted by Gasteiger charge is 2.27. The lowest BCUT2D eigenvalue weighted by atomic mass is 10.2. The monoisotopic (exact) mass is 353 g/mol. The van der Waals surface area contributed by atoms with E-state index in [-0.39, 0.29) is 11.4 Å². The van der Waals surface area contributed by atoms with Gasteiger partial charge in [-0.05, 0) is 29.8 Å². The Bertz CT molecular complexity index is 925. The van der Waals surface area contributed by atoms with E-state index >= 15 is 0 Å². The molecule has 0 amide bonds. The molecule has 0 fully saturated rings. The molecule has 0 unspecified atom stereocenters. The summed E-state index contributed by atoms with van der Waals surface area (Å²) in [5.74, 6) is 0.512. The van der Waals surface area contributed by atoms with Crippen LogP contribution in [0.4, 0.5) is 5.69 Å². The second-order valence-electron chi connectivity index (χ2n) is 5.48. The second-order valence-corrected chi connectivity index (χ2v) is 7.34. The van der Waals surface area contributed by atoms with Crippen molar-refractivity contribution in [2.75, 3.05) is 11.4 Å². The molecule has 0 N–H and O–H groups in total. The van der Waals surface area contributed by atoms with E-state index in [0.29, 0.717) is 11.4 Å². The summed E-state index contributed by atoms with van der Waals surface area (Å²) in [4.78, 5) is 0.247. The van der Waals surface area contributed by atoms with E-state index in [0.717, 1.165) is 5.56 Å². The van der Waals surface area contributed by atoms with Crippen LogP contribution in [-0.2, 0) is 16.6 Å². The summed E-state index contributed by atoms with van der Waals surface area (Å²) in [6.07, 6.45) is 0. The fraction of sp³-hybridized carbons (Fsp3) is 0.100. The Labute approximate surface area is 148 Å². The van der Waals surface area contributed by atoms with Gasteiger partial charge in [-0.25, -0.2) is 8.42 Å². The van der Waals surface area contributed by atoms with E-state index in [4.69, 9.17) is 4.74 Å². The third-order valence-corrected chi connectivity index (χ3v) is 5.63. The van der Waals surface area contributed by atoms with E-state index in [9.17, 15) is 8.42 Å². The van der Waals surface area contributed by atoms with Gasteiger partial charge in [-0.2, -0.15) is 0 Å². The Morgan fingerprint density at radius 1 is 0.800 bits per heavy atom. The zero-order valence-corrected chi connectivity index (χ0v) is 14.7. The average Bonchev–Trinajstić information content (AvgIpc) is 2.67. The zero-order chi connectivity index (χ0) is 17.7. The van der Waals surface area contributed by atoms with E-state index in [1.807, 2.05) is 36.4 Å². The molecule has 0 atom stereocenters. The third kappa shape index (κ3) is 3.67. The Kier molecular flexibility index (Phi) is 5.05. The van der Waals surface area contributed by atoms with E-state index < -0.39 is 10.0 Å². The van der Waals surface area contributed by atoms with Gasteiger partial charge in [0.1, 0.15) is 5.75 Å². The summed E-state index contributed by atoms with van der Waals surface area (Å²) < 4.78 is 33.3. The lowest BCUT2D eigenvalue weighted by Crippen LogP contribution is -2.30. The van der Waals surface area contributed by atoms with E-state index in [2.05, 4.69) is 0 Å². The summed E-state index contributed by atoms with van der Waals surface area (Å²) >= 11 is 0. The quantitative estimate of drug-likeness (QED) is 0.670. The number of nitrogens with zero attached hydrogens (tertiary/aromatic N) is 1. The first kappa shape index (κ1) is 17.0. The molecule has 0 saturated heterocycles. The highest BCUT2D eigenvalue weighted by molar-refractivity contribution is 7.92. The first-order valence-electron chi connectivity index (χ1n) is 7.87. The lowest BCUT2D eigenvalue weighted by Gasteiger charge is -2.26. The van der Waals surface area contributed by atoms with Gasteiger partial charge in [0, 0.05) is 0 Å². The number of hydrogen-bond acceptors (Lipinski definition) is 3. The zero-order valence-electron chi connectivity index (χ0n) is 13.9. The number of benzene rings is 3. The smallest absolute Gasteiger partial charge is 0.264 e. The van der Waals surface area contributed by atoms with Crippen LogP contribution in [0.3, 0.4) is 0 Å². The maximum atomic E-state index is 13.3. The Balaban J connectivity index is 2.12. The highest BCUT2D eigenvalue weighted by Crippen LogP contribution is 2.33. The molecule has 3 aromatic carbocycles. The molecule has 3 aromatic rings. The molecule has 128 valence electrons. The SMILES string of the molecule is COc1ccccc1N(Cc1ccccc1)S(=O)(=O)c1ccccc1. The maximum absolute atomic E-state index is 13.3. The normalized spacial score (nSPS) is 11.1. The van der Waals surface area contributed by atoms with Crippen LogP contribution in [0.5, 0.6) is 5.75 Å². The highest BCUT2D eigenvalue weighted by atomic mass is 32.2. The molecule has 5 heteroatoms. The molecule has 4 nitrogen and oxygen atoms in total. The second kappa shape index (κ2) is 7.40. The van der Waals surface area contributed by atoms with Gasteiger partial charge in [0.05, 0.1) is 24.2 Å². The predicted octanol–water partition coefficient (Wildman–Crippen LogP) is 4.09. The van der Waals surface area contributed by atoms with Crippen LogP contribution in [0.2, 0.25) is 0 Å². The standard InChI is InChI=1S/C20H19NO3S/c1-24-20-15-9-8-14-19(20)21(16-17-10-4-2-5-11-17)25(22,23)18-12-6-3-7-13-18/h2-15H,16H2,1H3. The summed E-state index contributed by atoms with van der Waals surface area (Å²) in [5, 5.41) is 0. The van der Waals surface area contributed by atoms with Crippen LogP contribution < -0.4 is 9.04 Å². The van der Waals surface area contributed by atoms with Gasteiger partial charge in [-0.15, -0.1) is 0 Å². The molecular weight excluding hydrogens is 334 g/mol. The maximum Gasteiger partial charge on any atom is 0.264 e. The topological polar surface area (TPSA) is 46.6 Å². The van der Waals surface area contributed by atoms with Crippen LogP contribution in [0.15, 0.2) is 89.8 Å². The molecule has 3 rings (SSSR count). The van der Waals surface area contributed by atoms with Gasteiger partial charge >= 0.3 is 0 Å². The van der Waals surface area contributed by atoms with Crippen molar-refractivity contribution in [1.82, 2.24) is 0 Å².